The van der Waals surface area contributed by atoms with Crippen LogP contribution in [0.25, 0.3) is 0 Å². The van der Waals surface area contributed by atoms with Gasteiger partial charge in [0.05, 0.1) is 17.8 Å². The third-order valence-corrected chi connectivity index (χ3v) is 3.62. The predicted octanol–water partition coefficient (Wildman–Crippen LogP) is 1.68. The topological polar surface area (TPSA) is 52.6 Å². The Balaban J connectivity index is 2.00. The molecule has 0 amide bonds. The highest BCUT2D eigenvalue weighted by molar-refractivity contribution is 6.24. The molecule has 0 spiro atoms. The standard InChI is InChI=1S/C14H14O4/c1-6(2)9-4-8-11(15)10-7(3)5-17-14(10)12(16)13(8)18-9/h7,9H,1,4-5H2,2-3H3. The van der Waals surface area contributed by atoms with Crippen molar-refractivity contribution < 1.29 is 19.1 Å². The normalized spacial score (nSPS) is 30.1. The SMILES string of the molecule is C=C(C)C1CC2=C(O1)C(=O)C1=C(C2=O)C(C)CO1. The van der Waals surface area contributed by atoms with Crippen LogP contribution in [0.4, 0.5) is 0 Å². The van der Waals surface area contributed by atoms with E-state index < -0.39 is 0 Å². The molecule has 4 heteroatoms. The molecule has 3 aliphatic rings. The summed E-state index contributed by atoms with van der Waals surface area (Å²) in [6, 6.07) is 0. The Bertz CT molecular complexity index is 550. The molecule has 1 aliphatic carbocycles. The molecule has 0 saturated heterocycles. The molecule has 2 unspecified atom stereocenters. The summed E-state index contributed by atoms with van der Waals surface area (Å²) in [5.41, 5.74) is 1.83. The first-order valence-corrected chi connectivity index (χ1v) is 6.02. The summed E-state index contributed by atoms with van der Waals surface area (Å²) in [6.45, 7) is 7.93. The Morgan fingerprint density at radius 1 is 1.28 bits per heavy atom. The molecule has 0 aromatic rings. The van der Waals surface area contributed by atoms with Gasteiger partial charge in [-0.15, -0.1) is 0 Å². The van der Waals surface area contributed by atoms with Crippen LogP contribution in [-0.2, 0) is 19.1 Å². The fourth-order valence-corrected chi connectivity index (χ4v) is 2.57. The number of ether oxygens (including phenoxy) is 2. The quantitative estimate of drug-likeness (QED) is 0.521. The van der Waals surface area contributed by atoms with Crippen LogP contribution in [0.5, 0.6) is 0 Å². The van der Waals surface area contributed by atoms with Gasteiger partial charge in [0.1, 0.15) is 6.10 Å². The van der Waals surface area contributed by atoms with Crippen molar-refractivity contribution in [3.8, 4) is 0 Å². The van der Waals surface area contributed by atoms with Crippen LogP contribution >= 0.6 is 0 Å². The maximum absolute atomic E-state index is 12.4. The molecule has 0 bridgehead atoms. The van der Waals surface area contributed by atoms with Gasteiger partial charge < -0.3 is 9.47 Å². The number of hydrogen-bond donors (Lipinski definition) is 0. The third-order valence-electron chi connectivity index (χ3n) is 3.62. The molecule has 2 heterocycles. The van der Waals surface area contributed by atoms with Crippen molar-refractivity contribution in [1.82, 2.24) is 0 Å². The summed E-state index contributed by atoms with van der Waals surface area (Å²) in [7, 11) is 0. The molecule has 2 atom stereocenters. The molecule has 2 aliphatic heterocycles. The van der Waals surface area contributed by atoms with E-state index in [0.29, 0.717) is 24.2 Å². The lowest BCUT2D eigenvalue weighted by Crippen LogP contribution is -2.22. The number of Topliss-reactive ketones (excluding diaryl/α,β-unsaturated/α-hetero) is 2. The summed E-state index contributed by atoms with van der Waals surface area (Å²) in [4.78, 5) is 24.6. The zero-order chi connectivity index (χ0) is 13.0. The second kappa shape index (κ2) is 3.57. The van der Waals surface area contributed by atoms with Crippen molar-refractivity contribution in [3.63, 3.8) is 0 Å². The van der Waals surface area contributed by atoms with Gasteiger partial charge in [0.2, 0.25) is 0 Å². The van der Waals surface area contributed by atoms with E-state index >= 15 is 0 Å². The fraction of sp³-hybridized carbons (Fsp3) is 0.429. The average Bonchev–Trinajstić information content (AvgIpc) is 2.90. The Kier molecular flexibility index (Phi) is 2.24. The first-order valence-electron chi connectivity index (χ1n) is 6.02. The molecule has 0 saturated carbocycles. The van der Waals surface area contributed by atoms with Crippen molar-refractivity contribution in [2.45, 2.75) is 26.4 Å². The average molecular weight is 246 g/mol. The molecule has 0 radical (unpaired) electrons. The summed E-state index contributed by atoms with van der Waals surface area (Å²) >= 11 is 0. The minimum atomic E-state index is -0.285. The summed E-state index contributed by atoms with van der Waals surface area (Å²) < 4.78 is 10.9. The highest BCUT2D eigenvalue weighted by Crippen LogP contribution is 2.41. The van der Waals surface area contributed by atoms with Crippen LogP contribution in [0.1, 0.15) is 20.3 Å². The second-order valence-electron chi connectivity index (χ2n) is 5.08. The van der Waals surface area contributed by atoms with Gasteiger partial charge in [-0.05, 0) is 12.5 Å². The van der Waals surface area contributed by atoms with Crippen molar-refractivity contribution in [2.24, 2.45) is 5.92 Å². The molecule has 0 N–H and O–H groups in total. The largest absolute Gasteiger partial charge is 0.488 e. The first-order chi connectivity index (χ1) is 8.50. The van der Waals surface area contributed by atoms with Crippen LogP contribution in [-0.4, -0.2) is 24.3 Å². The van der Waals surface area contributed by atoms with E-state index in [1.165, 1.54) is 0 Å². The minimum Gasteiger partial charge on any atom is -0.488 e. The molecule has 18 heavy (non-hydrogen) atoms. The summed E-state index contributed by atoms with van der Waals surface area (Å²) in [6.07, 6.45) is 0.178. The number of rotatable bonds is 1. The Labute approximate surface area is 105 Å². The van der Waals surface area contributed by atoms with E-state index in [4.69, 9.17) is 9.47 Å². The van der Waals surface area contributed by atoms with Crippen LogP contribution < -0.4 is 0 Å². The number of hydrogen-bond acceptors (Lipinski definition) is 4. The Morgan fingerprint density at radius 2 is 2.00 bits per heavy atom. The maximum Gasteiger partial charge on any atom is 0.262 e. The van der Waals surface area contributed by atoms with Crippen LogP contribution in [0, 0.1) is 5.92 Å². The zero-order valence-electron chi connectivity index (χ0n) is 10.4. The molecular weight excluding hydrogens is 232 g/mol. The van der Waals surface area contributed by atoms with Gasteiger partial charge in [0, 0.05) is 12.3 Å². The Hall–Kier alpha value is -1.84. The van der Waals surface area contributed by atoms with Crippen molar-refractivity contribution in [2.75, 3.05) is 6.61 Å². The first kappa shape index (κ1) is 11.3. The summed E-state index contributed by atoms with van der Waals surface area (Å²) in [5, 5.41) is 0. The van der Waals surface area contributed by atoms with Crippen molar-refractivity contribution >= 4 is 11.6 Å². The zero-order valence-corrected chi connectivity index (χ0v) is 10.4. The van der Waals surface area contributed by atoms with Crippen LogP contribution in [0.3, 0.4) is 0 Å². The van der Waals surface area contributed by atoms with E-state index in [2.05, 4.69) is 6.58 Å². The Morgan fingerprint density at radius 3 is 2.67 bits per heavy atom. The smallest absolute Gasteiger partial charge is 0.262 e. The molecule has 0 aromatic carbocycles. The molecule has 0 fully saturated rings. The molecular formula is C14H14O4. The van der Waals surface area contributed by atoms with Crippen LogP contribution in [0.15, 0.2) is 34.8 Å². The van der Waals surface area contributed by atoms with Gasteiger partial charge in [-0.3, -0.25) is 9.59 Å². The lowest BCUT2D eigenvalue weighted by molar-refractivity contribution is -0.120. The number of ketones is 2. The third kappa shape index (κ3) is 1.32. The molecule has 3 rings (SSSR count). The van der Waals surface area contributed by atoms with E-state index in [-0.39, 0.29) is 35.1 Å². The predicted molar refractivity (Wildman–Crippen MR) is 63.5 cm³/mol. The highest BCUT2D eigenvalue weighted by atomic mass is 16.5. The van der Waals surface area contributed by atoms with Gasteiger partial charge >= 0.3 is 0 Å². The number of carbonyl (C=O) groups is 2. The van der Waals surface area contributed by atoms with E-state index in [1.807, 2.05) is 13.8 Å². The van der Waals surface area contributed by atoms with Gasteiger partial charge in [0.15, 0.2) is 17.3 Å². The van der Waals surface area contributed by atoms with E-state index in [0.717, 1.165) is 5.57 Å². The van der Waals surface area contributed by atoms with E-state index in [9.17, 15) is 9.59 Å². The molecule has 0 aromatic heterocycles. The maximum atomic E-state index is 12.4. The summed E-state index contributed by atoms with van der Waals surface area (Å²) in [5.74, 6) is -0.0371. The van der Waals surface area contributed by atoms with Crippen molar-refractivity contribution in [1.29, 1.82) is 0 Å². The minimum absolute atomic E-state index is 0.0191. The van der Waals surface area contributed by atoms with Gasteiger partial charge in [-0.1, -0.05) is 13.5 Å². The number of carbonyl (C=O) groups excluding carboxylic acids is 2. The van der Waals surface area contributed by atoms with Gasteiger partial charge in [-0.25, -0.2) is 0 Å². The van der Waals surface area contributed by atoms with E-state index in [1.54, 1.807) is 0 Å². The molecule has 94 valence electrons. The molecule has 4 nitrogen and oxygen atoms in total. The lowest BCUT2D eigenvalue weighted by atomic mass is 9.86. The highest BCUT2D eigenvalue weighted by Gasteiger charge is 2.46. The fourth-order valence-electron chi connectivity index (χ4n) is 2.57. The lowest BCUT2D eigenvalue weighted by Gasteiger charge is -2.14. The van der Waals surface area contributed by atoms with Crippen molar-refractivity contribution in [3.05, 3.63) is 34.8 Å². The van der Waals surface area contributed by atoms with Crippen LogP contribution in [0.2, 0.25) is 0 Å². The van der Waals surface area contributed by atoms with Gasteiger partial charge in [-0.2, -0.15) is 0 Å². The van der Waals surface area contributed by atoms with Gasteiger partial charge in [0.25, 0.3) is 5.78 Å². The monoisotopic (exact) mass is 246 g/mol. The second-order valence-corrected chi connectivity index (χ2v) is 5.08.